The van der Waals surface area contributed by atoms with Crippen molar-refractivity contribution in [2.75, 3.05) is 34.0 Å². The zero-order valence-corrected chi connectivity index (χ0v) is 54.4. The molecule has 0 radical (unpaired) electrons. The van der Waals surface area contributed by atoms with Crippen molar-refractivity contribution in [3.05, 3.63) is 245 Å². The molecule has 21 nitrogen and oxygen atoms in total. The van der Waals surface area contributed by atoms with Crippen molar-refractivity contribution in [1.29, 1.82) is 0 Å². The molecule has 4 aliphatic rings. The first-order valence-electron chi connectivity index (χ1n) is 32.8. The molecule has 3 saturated heterocycles. The van der Waals surface area contributed by atoms with Gasteiger partial charge in [0.05, 0.1) is 83.3 Å². The number of ether oxygens (including phenoxy) is 14. The average molecular weight is 1330 g/mol. The summed E-state index contributed by atoms with van der Waals surface area (Å²) in [5.74, 6) is -1.92. The van der Waals surface area contributed by atoms with Gasteiger partial charge in [-0.2, -0.15) is 0 Å². The van der Waals surface area contributed by atoms with Gasteiger partial charge in [-0.25, -0.2) is 4.79 Å². The molecule has 3 fully saturated rings. The first-order valence-corrected chi connectivity index (χ1v) is 32.8. The Kier molecular flexibility index (Phi) is 25.3. The molecule has 7 aromatic carbocycles. The number of hydrogen-bond acceptors (Lipinski definition) is 20. The van der Waals surface area contributed by atoms with Crippen molar-refractivity contribution in [2.45, 2.75) is 158 Å². The summed E-state index contributed by atoms with van der Waals surface area (Å²) in [5.41, 5.74) is 4.42. The van der Waals surface area contributed by atoms with Crippen molar-refractivity contribution >= 4 is 23.8 Å². The number of aliphatic hydroxyl groups is 2. The standard InChI is InChI=1S/C76H83NO20/c1-49-64(88-44-50-24-10-4-11-25-50)68(90-46-52-28-14-6-15-29-52)69(91-47-53-30-16-7-17-31-53)75(92-49)97-67-63(80)59(42-78)93-76(70(67)95-73(83)55-32-18-8-19-33-55)96-65-60(48-86-43-54-37-39-56(84-2)40-38-54)94-74(87-41-23-9-20-36-61(79)85-3)62(66(65)89-45-51-26-12-5-13-27-51)77-71(81)57-34-21-22-35-58(57)72(77)82/h4-8,10-19,21-22,24-35,37-40,49,59-60,62-70,74-76,78,80H,9,20,23,36,41-48H2,1-3H3/t49-,59+,60+,62+,63-,64+,65+,66+,67-,68+,69-,70+,74+,75-,76-/m0/s1. The number of esters is 2. The first kappa shape index (κ1) is 70.2. The molecule has 0 bridgehead atoms. The molecule has 2 N–H and O–H groups in total. The molecular formula is C76H83NO20. The number of unbranched alkanes of at least 4 members (excludes halogenated alkanes) is 2. The summed E-state index contributed by atoms with van der Waals surface area (Å²) in [6.07, 6.45) is -17.5. The van der Waals surface area contributed by atoms with Gasteiger partial charge >= 0.3 is 11.9 Å². The maximum Gasteiger partial charge on any atom is 0.338 e. The number of amides is 2. The molecule has 0 saturated carbocycles. The molecule has 4 heterocycles. The fourth-order valence-corrected chi connectivity index (χ4v) is 12.4. The third-order valence-electron chi connectivity index (χ3n) is 17.5. The van der Waals surface area contributed by atoms with Crippen LogP contribution >= 0.6 is 0 Å². The van der Waals surface area contributed by atoms with E-state index in [0.717, 1.165) is 27.2 Å². The van der Waals surface area contributed by atoms with E-state index in [4.69, 9.17) is 66.3 Å². The van der Waals surface area contributed by atoms with Crippen molar-refractivity contribution in [1.82, 2.24) is 4.90 Å². The van der Waals surface area contributed by atoms with Crippen LogP contribution in [0.25, 0.3) is 0 Å². The Morgan fingerprint density at radius 1 is 0.474 bits per heavy atom. The topological polar surface area (TPSA) is 241 Å². The van der Waals surface area contributed by atoms with E-state index < -0.39 is 116 Å². The van der Waals surface area contributed by atoms with E-state index >= 15 is 9.59 Å². The van der Waals surface area contributed by atoms with Gasteiger partial charge in [0.2, 0.25) is 0 Å². The van der Waals surface area contributed by atoms with Crippen LogP contribution in [0, 0.1) is 0 Å². The summed E-state index contributed by atoms with van der Waals surface area (Å²) in [4.78, 5) is 58.2. The number of hydrogen-bond donors (Lipinski definition) is 2. The Morgan fingerprint density at radius 3 is 1.51 bits per heavy atom. The SMILES string of the molecule is COC(=O)CCCCCO[C@@H]1O[C@H](COCc2ccc(OC)cc2)[C@@H](O[C@@H]2O[C@H](CO)[C@H](O)[C@H](O[C@@H]3O[C@@H](C)[C@@H](OCc4ccccc4)[C@@H](OCc4ccccc4)[C@@H]3OCc3ccccc3)[C@H]2OC(=O)c2ccccc2)[C@H](OCc2ccccc2)[C@H]1N1C(=O)c2ccccc2C1=O. The molecule has 15 atom stereocenters. The third kappa shape index (κ3) is 18.0. The van der Waals surface area contributed by atoms with Crippen molar-refractivity contribution in [3.63, 3.8) is 0 Å². The number of carbonyl (C=O) groups excluding carboxylic acids is 4. The molecule has 0 unspecified atom stereocenters. The maximum atomic E-state index is 15.1. The van der Waals surface area contributed by atoms with Gasteiger partial charge < -0.3 is 76.5 Å². The van der Waals surface area contributed by atoms with Crippen LogP contribution in [0.4, 0.5) is 0 Å². The minimum absolute atomic E-state index is 0.0375. The summed E-state index contributed by atoms with van der Waals surface area (Å²) in [5, 5.41) is 24.2. The highest BCUT2D eigenvalue weighted by Gasteiger charge is 2.59. The van der Waals surface area contributed by atoms with Gasteiger partial charge in [-0.15, -0.1) is 0 Å². The number of imide groups is 1. The summed E-state index contributed by atoms with van der Waals surface area (Å²) in [6, 6.07) is 58.5. The number of benzene rings is 7. The molecule has 0 spiro atoms. The number of aliphatic hydroxyl groups excluding tert-OH is 2. The molecule has 11 rings (SSSR count). The van der Waals surface area contributed by atoms with Gasteiger partial charge in [0.15, 0.2) is 25.0 Å². The zero-order chi connectivity index (χ0) is 67.5. The molecular weight excluding hydrogens is 1250 g/mol. The van der Waals surface area contributed by atoms with Gasteiger partial charge in [-0.05, 0) is 84.0 Å². The second kappa shape index (κ2) is 34.9. The molecule has 4 aliphatic heterocycles. The van der Waals surface area contributed by atoms with Crippen LogP contribution in [-0.4, -0.2) is 165 Å². The number of fused-ring (bicyclic) bond motifs is 1. The smallest absolute Gasteiger partial charge is 0.338 e. The Morgan fingerprint density at radius 2 is 0.959 bits per heavy atom. The fourth-order valence-electron chi connectivity index (χ4n) is 12.4. The highest BCUT2D eigenvalue weighted by molar-refractivity contribution is 6.21. The van der Waals surface area contributed by atoms with E-state index in [9.17, 15) is 19.8 Å². The van der Waals surface area contributed by atoms with Crippen LogP contribution in [0.5, 0.6) is 5.75 Å². The lowest BCUT2D eigenvalue weighted by Crippen LogP contribution is -2.69. The predicted molar refractivity (Wildman–Crippen MR) is 350 cm³/mol. The van der Waals surface area contributed by atoms with Gasteiger partial charge in [0.1, 0.15) is 66.7 Å². The lowest BCUT2D eigenvalue weighted by atomic mass is 9.93. The van der Waals surface area contributed by atoms with Crippen molar-refractivity contribution in [2.24, 2.45) is 0 Å². The van der Waals surface area contributed by atoms with Gasteiger partial charge in [0, 0.05) is 13.0 Å². The van der Waals surface area contributed by atoms with Crippen LogP contribution < -0.4 is 4.74 Å². The van der Waals surface area contributed by atoms with E-state index in [1.807, 2.05) is 140 Å². The van der Waals surface area contributed by atoms with Gasteiger partial charge in [-0.1, -0.05) is 170 Å². The Bertz CT molecular complexity index is 3540. The summed E-state index contributed by atoms with van der Waals surface area (Å²) in [7, 11) is 2.90. The van der Waals surface area contributed by atoms with Crippen molar-refractivity contribution < 1.29 is 95.7 Å². The van der Waals surface area contributed by atoms with Crippen LogP contribution in [0.1, 0.15) is 91.5 Å². The minimum Gasteiger partial charge on any atom is -0.497 e. The highest BCUT2D eigenvalue weighted by Crippen LogP contribution is 2.41. The quantitative estimate of drug-likeness (QED) is 0.0227. The maximum absolute atomic E-state index is 15.1. The number of methoxy groups -OCH3 is 2. The predicted octanol–water partition coefficient (Wildman–Crippen LogP) is 9.51. The Balaban J connectivity index is 1.00. The number of carbonyl (C=O) groups is 4. The number of rotatable bonds is 32. The molecule has 7 aromatic rings. The average Bonchev–Trinajstić information content (AvgIpc) is 1.68. The van der Waals surface area contributed by atoms with Gasteiger partial charge in [-0.3, -0.25) is 19.3 Å². The second-order valence-corrected chi connectivity index (χ2v) is 24.1. The molecule has 512 valence electrons. The lowest BCUT2D eigenvalue weighted by Gasteiger charge is -2.51. The fraction of sp³-hybridized carbons (Fsp3) is 0.395. The lowest BCUT2D eigenvalue weighted by molar-refractivity contribution is -0.381. The van der Waals surface area contributed by atoms with E-state index in [1.165, 1.54) is 7.11 Å². The normalized spacial score (nSPS) is 26.3. The van der Waals surface area contributed by atoms with Crippen LogP contribution in [0.3, 0.4) is 0 Å². The summed E-state index contributed by atoms with van der Waals surface area (Å²) >= 11 is 0. The van der Waals surface area contributed by atoms with E-state index in [0.29, 0.717) is 30.6 Å². The Hall–Kier alpha value is -8.10. The number of nitrogens with zero attached hydrogens (tertiary/aromatic N) is 1. The molecule has 97 heavy (non-hydrogen) atoms. The molecule has 0 aliphatic carbocycles. The van der Waals surface area contributed by atoms with Gasteiger partial charge in [0.25, 0.3) is 11.8 Å². The second-order valence-electron chi connectivity index (χ2n) is 24.1. The van der Waals surface area contributed by atoms with E-state index in [2.05, 4.69) is 0 Å². The third-order valence-corrected chi connectivity index (χ3v) is 17.5. The Labute approximate surface area is 564 Å². The van der Waals surface area contributed by atoms with E-state index in [-0.39, 0.29) is 75.3 Å². The largest absolute Gasteiger partial charge is 0.497 e. The first-order chi connectivity index (χ1) is 47.5. The molecule has 0 aromatic heterocycles. The van der Waals surface area contributed by atoms with E-state index in [1.54, 1.807) is 73.8 Å². The summed E-state index contributed by atoms with van der Waals surface area (Å²) < 4.78 is 92.9. The minimum atomic E-state index is -1.81. The highest BCUT2D eigenvalue weighted by atomic mass is 16.8. The van der Waals surface area contributed by atoms with Crippen LogP contribution in [0.15, 0.2) is 200 Å². The molecule has 21 heteroatoms. The monoisotopic (exact) mass is 1330 g/mol. The van der Waals surface area contributed by atoms with Crippen LogP contribution in [-0.2, 0) is 99.4 Å². The summed E-state index contributed by atoms with van der Waals surface area (Å²) in [6.45, 7) is 1.06. The molecule has 2 amide bonds. The zero-order valence-electron chi connectivity index (χ0n) is 54.4. The van der Waals surface area contributed by atoms with Crippen molar-refractivity contribution in [3.8, 4) is 5.75 Å². The van der Waals surface area contributed by atoms with Crippen LogP contribution in [0.2, 0.25) is 0 Å².